The average molecular weight is 193 g/mol. The molecule has 2 N–H and O–H groups in total. The molecule has 0 fully saturated rings. The fraction of sp³-hybridized carbons (Fsp3) is 0.875. The summed E-state index contributed by atoms with van der Waals surface area (Å²) in [5.41, 5.74) is 0. The number of nitrogens with one attached hydrogen (secondary N) is 1. The minimum absolute atomic E-state index is 0.250. The maximum atomic E-state index is 8.36. The van der Waals surface area contributed by atoms with E-state index in [1.165, 1.54) is 0 Å². The van der Waals surface area contributed by atoms with Gasteiger partial charge in [-0.25, -0.2) is 0 Å². The highest BCUT2D eigenvalue weighted by atomic mass is 16.5. The van der Waals surface area contributed by atoms with Crippen molar-refractivity contribution in [1.29, 1.82) is 0 Å². The van der Waals surface area contributed by atoms with Crippen molar-refractivity contribution in [3.8, 4) is 0 Å². The van der Waals surface area contributed by atoms with Crippen LogP contribution in [0, 0.1) is 0 Å². The van der Waals surface area contributed by atoms with Crippen molar-refractivity contribution >= 4 is 6.47 Å². The Morgan fingerprint density at radius 2 is 2.00 bits per heavy atom. The highest BCUT2D eigenvalue weighted by molar-refractivity contribution is 5.32. The average Bonchev–Trinajstić information content (AvgIpc) is 2.13. The van der Waals surface area contributed by atoms with Gasteiger partial charge < -0.3 is 19.9 Å². The molecule has 0 radical (unpaired) electrons. The molecule has 5 nitrogen and oxygen atoms in total. The maximum absolute atomic E-state index is 8.36. The molecule has 0 saturated heterocycles. The van der Waals surface area contributed by atoms with Crippen molar-refractivity contribution in [2.45, 2.75) is 6.92 Å². The monoisotopic (exact) mass is 193 g/mol. The third-order valence-corrected chi connectivity index (χ3v) is 1.10. The second-order valence-electron chi connectivity index (χ2n) is 2.06. The van der Waals surface area contributed by atoms with Gasteiger partial charge in [-0.05, 0) is 6.54 Å². The van der Waals surface area contributed by atoms with Crippen molar-refractivity contribution in [3.63, 3.8) is 0 Å². The summed E-state index contributed by atoms with van der Waals surface area (Å²) in [5, 5.41) is 10.0. The summed E-state index contributed by atoms with van der Waals surface area (Å²) in [4.78, 5) is 8.36. The zero-order chi connectivity index (χ0) is 10.4. The highest BCUT2D eigenvalue weighted by Crippen LogP contribution is 1.73. The maximum Gasteiger partial charge on any atom is 0.290 e. The van der Waals surface area contributed by atoms with E-state index in [2.05, 4.69) is 12.2 Å². The Labute approximate surface area is 79.0 Å². The Balaban J connectivity index is 0. The van der Waals surface area contributed by atoms with E-state index < -0.39 is 0 Å². The van der Waals surface area contributed by atoms with Crippen LogP contribution in [0.5, 0.6) is 0 Å². The predicted molar refractivity (Wildman–Crippen MR) is 49.9 cm³/mol. The molecule has 0 atom stereocenters. The lowest BCUT2D eigenvalue weighted by atomic mass is 10.6. The Kier molecular flexibility index (Phi) is 19.9. The van der Waals surface area contributed by atoms with E-state index in [4.69, 9.17) is 19.4 Å². The molecule has 5 heteroatoms. The number of carboxylic acid groups (broad SMARTS) is 1. The fourth-order valence-corrected chi connectivity index (χ4v) is 0.565. The van der Waals surface area contributed by atoms with Crippen molar-refractivity contribution < 1.29 is 19.4 Å². The van der Waals surface area contributed by atoms with Crippen molar-refractivity contribution in [3.05, 3.63) is 0 Å². The summed E-state index contributed by atoms with van der Waals surface area (Å²) in [5.74, 6) is 0. The standard InChI is InChI=1S/C7H17NO2.CH2O2/c1-3-8-4-5-10-7-6-9-2;2-1-3/h8H,3-7H2,1-2H3;1H,(H,2,3). The lowest BCUT2D eigenvalue weighted by Gasteiger charge is -2.02. The van der Waals surface area contributed by atoms with Gasteiger partial charge in [0, 0.05) is 13.7 Å². The molecule has 0 aromatic carbocycles. The van der Waals surface area contributed by atoms with Gasteiger partial charge >= 0.3 is 0 Å². The van der Waals surface area contributed by atoms with Crippen LogP contribution in [0.15, 0.2) is 0 Å². The molecule has 0 unspecified atom stereocenters. The SMILES string of the molecule is CCNCCOCCOC.O=CO. The quantitative estimate of drug-likeness (QED) is 0.438. The molecule has 0 bridgehead atoms. The highest BCUT2D eigenvalue weighted by Gasteiger charge is 1.85. The van der Waals surface area contributed by atoms with Crippen LogP contribution in [0.2, 0.25) is 0 Å². The first kappa shape index (κ1) is 14.9. The lowest BCUT2D eigenvalue weighted by molar-refractivity contribution is -0.122. The smallest absolute Gasteiger partial charge is 0.290 e. The van der Waals surface area contributed by atoms with E-state index >= 15 is 0 Å². The van der Waals surface area contributed by atoms with Crippen LogP contribution in [-0.2, 0) is 14.3 Å². The van der Waals surface area contributed by atoms with Crippen LogP contribution in [-0.4, -0.2) is 51.6 Å². The molecule has 0 aliphatic rings. The molecule has 0 heterocycles. The Hall–Kier alpha value is -0.650. The summed E-state index contributed by atoms with van der Waals surface area (Å²) in [6, 6.07) is 0. The molecular formula is C8H19NO4. The Morgan fingerprint density at radius 3 is 2.46 bits per heavy atom. The van der Waals surface area contributed by atoms with Crippen LogP contribution in [0.25, 0.3) is 0 Å². The minimum atomic E-state index is -0.250. The third kappa shape index (κ3) is 24.6. The zero-order valence-corrected chi connectivity index (χ0v) is 8.28. The number of methoxy groups -OCH3 is 1. The van der Waals surface area contributed by atoms with Gasteiger partial charge in [0.2, 0.25) is 0 Å². The van der Waals surface area contributed by atoms with Crippen LogP contribution >= 0.6 is 0 Å². The van der Waals surface area contributed by atoms with Crippen LogP contribution in [0.3, 0.4) is 0 Å². The van der Waals surface area contributed by atoms with Gasteiger partial charge in [0.25, 0.3) is 6.47 Å². The molecular weight excluding hydrogens is 174 g/mol. The molecule has 13 heavy (non-hydrogen) atoms. The lowest BCUT2D eigenvalue weighted by Crippen LogP contribution is -2.19. The van der Waals surface area contributed by atoms with Crippen LogP contribution in [0.4, 0.5) is 0 Å². The summed E-state index contributed by atoms with van der Waals surface area (Å²) >= 11 is 0. The van der Waals surface area contributed by atoms with Crippen molar-refractivity contribution in [2.75, 3.05) is 40.0 Å². The summed E-state index contributed by atoms with van der Waals surface area (Å²) in [7, 11) is 1.67. The zero-order valence-electron chi connectivity index (χ0n) is 8.28. The number of hydrogen-bond acceptors (Lipinski definition) is 4. The van der Waals surface area contributed by atoms with Gasteiger partial charge in [-0.3, -0.25) is 4.79 Å². The topological polar surface area (TPSA) is 67.8 Å². The number of ether oxygens (including phenoxy) is 2. The second-order valence-corrected chi connectivity index (χ2v) is 2.06. The van der Waals surface area contributed by atoms with Crippen LogP contribution in [0.1, 0.15) is 6.92 Å². The van der Waals surface area contributed by atoms with Gasteiger partial charge in [-0.15, -0.1) is 0 Å². The normalized spacial score (nSPS) is 8.77. The van der Waals surface area contributed by atoms with Gasteiger partial charge in [0.1, 0.15) is 0 Å². The second kappa shape index (κ2) is 17.4. The Morgan fingerprint density at radius 1 is 1.38 bits per heavy atom. The van der Waals surface area contributed by atoms with E-state index in [1.54, 1.807) is 7.11 Å². The predicted octanol–water partition coefficient (Wildman–Crippen LogP) is -0.0403. The van der Waals surface area contributed by atoms with E-state index in [1.807, 2.05) is 0 Å². The summed E-state index contributed by atoms with van der Waals surface area (Å²) in [6.07, 6.45) is 0. The third-order valence-electron chi connectivity index (χ3n) is 1.10. The van der Waals surface area contributed by atoms with Crippen molar-refractivity contribution in [2.24, 2.45) is 0 Å². The molecule has 80 valence electrons. The number of rotatable bonds is 7. The van der Waals surface area contributed by atoms with Gasteiger partial charge in [0.05, 0.1) is 19.8 Å². The molecule has 0 aromatic heterocycles. The van der Waals surface area contributed by atoms with E-state index in [9.17, 15) is 0 Å². The number of hydrogen-bond donors (Lipinski definition) is 2. The fourth-order valence-electron chi connectivity index (χ4n) is 0.565. The van der Waals surface area contributed by atoms with Gasteiger partial charge in [0.15, 0.2) is 0 Å². The first-order valence-corrected chi connectivity index (χ1v) is 4.18. The first-order valence-electron chi connectivity index (χ1n) is 4.18. The van der Waals surface area contributed by atoms with Gasteiger partial charge in [-0.1, -0.05) is 6.92 Å². The van der Waals surface area contributed by atoms with Crippen molar-refractivity contribution in [1.82, 2.24) is 5.32 Å². The van der Waals surface area contributed by atoms with Gasteiger partial charge in [-0.2, -0.15) is 0 Å². The summed E-state index contributed by atoms with van der Waals surface area (Å²) in [6.45, 7) is 5.92. The molecule has 0 rings (SSSR count). The molecule has 0 aromatic rings. The van der Waals surface area contributed by atoms with E-state index in [0.29, 0.717) is 13.2 Å². The van der Waals surface area contributed by atoms with E-state index in [-0.39, 0.29) is 6.47 Å². The largest absolute Gasteiger partial charge is 0.483 e. The number of likely N-dealkylation sites (N-methyl/N-ethyl adjacent to an activating group) is 1. The molecule has 0 amide bonds. The first-order chi connectivity index (χ1) is 6.33. The summed E-state index contributed by atoms with van der Waals surface area (Å²) < 4.78 is 9.99. The molecule has 0 saturated carbocycles. The van der Waals surface area contributed by atoms with E-state index in [0.717, 1.165) is 19.7 Å². The molecule has 0 aliphatic carbocycles. The number of carbonyl (C=O) groups is 1. The molecule has 0 aliphatic heterocycles. The Bertz CT molecular complexity index is 82.2. The molecule has 0 spiro atoms. The van der Waals surface area contributed by atoms with Crippen LogP contribution < -0.4 is 5.32 Å². The minimum Gasteiger partial charge on any atom is -0.483 e.